The van der Waals surface area contributed by atoms with Crippen LogP contribution in [0, 0.1) is 40.9 Å². The van der Waals surface area contributed by atoms with Gasteiger partial charge >= 0.3 is 5.97 Å². The van der Waals surface area contributed by atoms with Gasteiger partial charge in [-0.15, -0.1) is 0 Å². The second-order valence-electron chi connectivity index (χ2n) is 20.2. The van der Waals surface area contributed by atoms with Crippen LogP contribution < -0.4 is 18.9 Å². The smallest absolute Gasteiger partial charge is 0.306 e. The molecule has 6 aliphatic rings. The van der Waals surface area contributed by atoms with Gasteiger partial charge in [-0.1, -0.05) is 26.0 Å². The number of ether oxygens (including phenoxy) is 4. The summed E-state index contributed by atoms with van der Waals surface area (Å²) < 4.78 is 52.7. The highest BCUT2D eigenvalue weighted by Gasteiger charge is 2.62. The number of aromatic nitrogens is 2. The standard InChI is InChI=1S/C50H62N4O10S/c1-28(2)62-36-11-15-42(51-26-36)43-21-33-20-35(61-5)10-14-40(33)47(52-43)64-38-22-44-45(55)25-50(49(58)53-65(59,60)39-12-13-39)24-34(50)9-7-6-8-29(3)16-30(4)41(48(57)54(44)27-38)23-46(56)63-37-18-31-17-32(31)19-37/h7,9-11,14-15,20-21,26,28-32,34,37-39,41,44H,6,8,12-13,16-19,22-25,27H2,1-5H3,(H,53,58)/b9-7-/t29-,30-,31-,32+,34-,37?,38-,41+,44+,50-/m1/s1. The molecule has 1 saturated heterocycles. The summed E-state index contributed by atoms with van der Waals surface area (Å²) in [5, 5.41) is 0.847. The van der Waals surface area contributed by atoms with Gasteiger partial charge in [-0.25, -0.2) is 13.4 Å². The summed E-state index contributed by atoms with van der Waals surface area (Å²) in [7, 11) is -2.29. The fraction of sp³-hybridized carbons (Fsp3) is 0.600. The van der Waals surface area contributed by atoms with Crippen LogP contribution in [0.25, 0.3) is 22.2 Å². The Morgan fingerprint density at radius 3 is 2.42 bits per heavy atom. The molecule has 348 valence electrons. The number of sulfonamides is 1. The van der Waals surface area contributed by atoms with E-state index >= 15 is 4.79 Å². The van der Waals surface area contributed by atoms with Crippen molar-refractivity contribution in [2.75, 3.05) is 13.7 Å². The first-order chi connectivity index (χ1) is 31.1. The normalized spacial score (nSPS) is 31.8. The van der Waals surface area contributed by atoms with Crippen LogP contribution in [0.5, 0.6) is 17.4 Å². The molecule has 3 aromatic rings. The molecule has 4 heterocycles. The number of fused-ring (bicyclic) bond motifs is 4. The highest BCUT2D eigenvalue weighted by molar-refractivity contribution is 7.90. The molecule has 2 aliphatic heterocycles. The molecule has 5 fully saturated rings. The molecule has 2 amide bonds. The van der Waals surface area contributed by atoms with Gasteiger partial charge in [0, 0.05) is 18.2 Å². The van der Waals surface area contributed by atoms with Crippen molar-refractivity contribution in [3.63, 3.8) is 0 Å². The predicted octanol–water partition coefficient (Wildman–Crippen LogP) is 7.38. The number of rotatable bonds is 12. The van der Waals surface area contributed by atoms with E-state index in [-0.39, 0.29) is 73.3 Å². The third-order valence-corrected chi connectivity index (χ3v) is 16.5. The summed E-state index contributed by atoms with van der Waals surface area (Å²) >= 11 is 0. The van der Waals surface area contributed by atoms with Crippen LogP contribution >= 0.6 is 0 Å². The van der Waals surface area contributed by atoms with Gasteiger partial charge in [0.15, 0.2) is 5.78 Å². The number of ketones is 1. The lowest BCUT2D eigenvalue weighted by molar-refractivity contribution is -0.155. The van der Waals surface area contributed by atoms with Crippen molar-refractivity contribution < 1.29 is 46.5 Å². The van der Waals surface area contributed by atoms with E-state index in [2.05, 4.69) is 16.6 Å². The number of allylic oxidation sites excluding steroid dienone is 2. The number of nitrogens with one attached hydrogen (secondary N) is 1. The van der Waals surface area contributed by atoms with Crippen LogP contribution in [0.1, 0.15) is 105 Å². The third-order valence-electron chi connectivity index (χ3n) is 14.7. The Morgan fingerprint density at radius 1 is 0.938 bits per heavy atom. The molecule has 15 heteroatoms. The second kappa shape index (κ2) is 18.0. The van der Waals surface area contributed by atoms with Gasteiger partial charge in [-0.2, -0.15) is 0 Å². The maximum Gasteiger partial charge on any atom is 0.306 e. The number of hydrogen-bond acceptors (Lipinski definition) is 12. The summed E-state index contributed by atoms with van der Waals surface area (Å²) in [6.45, 7) is 8.05. The molecule has 65 heavy (non-hydrogen) atoms. The van der Waals surface area contributed by atoms with Crippen LogP contribution in [0.4, 0.5) is 0 Å². The Labute approximate surface area is 381 Å². The van der Waals surface area contributed by atoms with E-state index in [0.717, 1.165) is 31.1 Å². The van der Waals surface area contributed by atoms with Crippen LogP contribution in [0.15, 0.2) is 54.7 Å². The zero-order chi connectivity index (χ0) is 45.8. The second-order valence-corrected chi connectivity index (χ2v) is 22.1. The average molecular weight is 911 g/mol. The molecule has 2 aromatic heterocycles. The summed E-state index contributed by atoms with van der Waals surface area (Å²) in [6.07, 6.45) is 10.9. The molecular formula is C50H62N4O10S. The van der Waals surface area contributed by atoms with Gasteiger partial charge in [0.2, 0.25) is 27.7 Å². The molecule has 1 aromatic carbocycles. The number of pyridine rings is 2. The van der Waals surface area contributed by atoms with Crippen molar-refractivity contribution in [1.29, 1.82) is 0 Å². The molecule has 4 aliphatic carbocycles. The Hall–Kier alpha value is -5.05. The summed E-state index contributed by atoms with van der Waals surface area (Å²) in [6, 6.07) is 10.1. The number of hydrogen-bond donors (Lipinski definition) is 1. The highest BCUT2D eigenvalue weighted by atomic mass is 32.2. The lowest BCUT2D eigenvalue weighted by atomic mass is 9.82. The molecular weight excluding hydrogens is 849 g/mol. The minimum Gasteiger partial charge on any atom is -0.497 e. The quantitative estimate of drug-likeness (QED) is 0.141. The molecule has 0 radical (unpaired) electrons. The van der Waals surface area contributed by atoms with Crippen molar-refractivity contribution in [2.24, 2.45) is 40.9 Å². The van der Waals surface area contributed by atoms with Gasteiger partial charge in [-0.05, 0) is 143 Å². The van der Waals surface area contributed by atoms with Gasteiger partial charge in [0.25, 0.3) is 0 Å². The Kier molecular flexibility index (Phi) is 12.5. The average Bonchev–Trinajstić information content (AvgIpc) is 4.23. The monoisotopic (exact) mass is 910 g/mol. The Bertz CT molecular complexity index is 2460. The molecule has 9 rings (SSSR count). The van der Waals surface area contributed by atoms with Crippen LogP contribution in [0.2, 0.25) is 0 Å². The van der Waals surface area contributed by atoms with E-state index in [0.29, 0.717) is 65.8 Å². The Morgan fingerprint density at radius 2 is 1.71 bits per heavy atom. The molecule has 0 spiro atoms. The molecule has 4 saturated carbocycles. The van der Waals surface area contributed by atoms with Crippen molar-refractivity contribution in [3.8, 4) is 28.8 Å². The van der Waals surface area contributed by atoms with Gasteiger partial charge < -0.3 is 23.8 Å². The van der Waals surface area contributed by atoms with Gasteiger partial charge in [0.1, 0.15) is 23.7 Å². The summed E-state index contributed by atoms with van der Waals surface area (Å²) in [4.78, 5) is 69.1. The van der Waals surface area contributed by atoms with Crippen LogP contribution in [-0.4, -0.2) is 90.1 Å². The third kappa shape index (κ3) is 9.90. The molecule has 1 N–H and O–H groups in total. The minimum atomic E-state index is -3.88. The van der Waals surface area contributed by atoms with E-state index in [4.69, 9.17) is 23.9 Å². The SMILES string of the molecule is COc1ccc2c(O[C@@H]3C[C@H]4C(=O)C[C@]5(C(=O)NS(=O)(=O)C6CC6)C[C@H]5/C=C\CC[C@@H](C)C[C@@H](C)[C@H](CC(=O)OC5C[C@@H]6C[C@@H]6C5)C(=O)N4C3)nc(-c3ccc(OC(C)C)cn3)cc2c1. The van der Waals surface area contributed by atoms with E-state index in [9.17, 15) is 22.8 Å². The Balaban J connectivity index is 1.05. The first-order valence-corrected chi connectivity index (χ1v) is 25.2. The van der Waals surface area contributed by atoms with E-state index in [1.54, 1.807) is 18.2 Å². The topological polar surface area (TPSA) is 180 Å². The number of carbonyl (C=O) groups is 4. The number of methoxy groups -OCH3 is 1. The van der Waals surface area contributed by atoms with Gasteiger partial charge in [-0.3, -0.25) is 28.9 Å². The van der Waals surface area contributed by atoms with Crippen molar-refractivity contribution in [1.82, 2.24) is 19.6 Å². The zero-order valence-corrected chi connectivity index (χ0v) is 38.9. The predicted molar refractivity (Wildman–Crippen MR) is 242 cm³/mol. The van der Waals surface area contributed by atoms with E-state index in [1.807, 2.05) is 69.3 Å². The molecule has 10 atom stereocenters. The van der Waals surface area contributed by atoms with Gasteiger partial charge in [0.05, 0.1) is 66.4 Å². The first-order valence-electron chi connectivity index (χ1n) is 23.6. The minimum absolute atomic E-state index is 0.0245. The van der Waals surface area contributed by atoms with Crippen molar-refractivity contribution >= 4 is 44.4 Å². The highest BCUT2D eigenvalue weighted by Crippen LogP contribution is 2.57. The number of esters is 1. The summed E-state index contributed by atoms with van der Waals surface area (Å²) in [5.74, 6) is -0.113. The number of Topliss-reactive ketones (excluding diaryl/α,β-unsaturated/α-hetero) is 1. The maximum atomic E-state index is 15.2. The lowest BCUT2D eigenvalue weighted by Crippen LogP contribution is -2.47. The number of amides is 2. The fourth-order valence-corrected chi connectivity index (χ4v) is 12.1. The molecule has 14 nitrogen and oxygen atoms in total. The lowest BCUT2D eigenvalue weighted by Gasteiger charge is -2.32. The van der Waals surface area contributed by atoms with Crippen LogP contribution in [-0.2, 0) is 33.9 Å². The maximum absolute atomic E-state index is 15.2. The van der Waals surface area contributed by atoms with Crippen molar-refractivity contribution in [2.45, 2.75) is 134 Å². The number of carbonyl (C=O) groups excluding carboxylic acids is 4. The fourth-order valence-electron chi connectivity index (χ4n) is 10.7. The van der Waals surface area contributed by atoms with E-state index < -0.39 is 50.6 Å². The zero-order valence-electron chi connectivity index (χ0n) is 38.1. The largest absolute Gasteiger partial charge is 0.497 e. The molecule has 1 unspecified atom stereocenters. The number of nitrogens with zero attached hydrogens (tertiary/aromatic N) is 3. The first kappa shape index (κ1) is 45.1. The number of benzene rings is 1. The summed E-state index contributed by atoms with van der Waals surface area (Å²) in [5.41, 5.74) is -0.172. The van der Waals surface area contributed by atoms with Crippen molar-refractivity contribution in [3.05, 3.63) is 54.7 Å². The molecule has 0 bridgehead atoms. The van der Waals surface area contributed by atoms with E-state index in [1.165, 1.54) is 6.42 Å². The van der Waals surface area contributed by atoms with Crippen LogP contribution in [0.3, 0.4) is 0 Å².